The molecule has 2 atom stereocenters. The fourth-order valence-electron chi connectivity index (χ4n) is 1.85. The molecule has 0 aliphatic carbocycles. The van der Waals surface area contributed by atoms with Crippen molar-refractivity contribution in [3.05, 3.63) is 0 Å². The van der Waals surface area contributed by atoms with Crippen molar-refractivity contribution in [1.82, 2.24) is 4.90 Å². The summed E-state index contributed by atoms with van der Waals surface area (Å²) in [5.74, 6) is -0.449. The maximum Gasteiger partial charge on any atom is 0.328 e. The summed E-state index contributed by atoms with van der Waals surface area (Å²) < 4.78 is 9.92. The number of esters is 1. The van der Waals surface area contributed by atoms with E-state index in [0.717, 1.165) is 6.42 Å². The summed E-state index contributed by atoms with van der Waals surface area (Å²) >= 11 is 0. The molecular weight excluding hydrogens is 210 g/mol. The molecule has 16 heavy (non-hydrogen) atoms. The van der Waals surface area contributed by atoms with E-state index in [0.29, 0.717) is 19.6 Å². The van der Waals surface area contributed by atoms with Crippen LogP contribution in [-0.4, -0.2) is 49.2 Å². The van der Waals surface area contributed by atoms with Crippen LogP contribution in [0.1, 0.15) is 26.7 Å². The van der Waals surface area contributed by atoms with Gasteiger partial charge in [0, 0.05) is 13.7 Å². The molecular formula is C11H19NO4. The first-order valence-electron chi connectivity index (χ1n) is 5.61. The largest absolute Gasteiger partial charge is 0.464 e. The summed E-state index contributed by atoms with van der Waals surface area (Å²) in [7, 11) is 1.48. The molecule has 1 amide bonds. The highest BCUT2D eigenvalue weighted by Crippen LogP contribution is 2.20. The zero-order chi connectivity index (χ0) is 12.1. The van der Waals surface area contributed by atoms with E-state index in [9.17, 15) is 9.59 Å². The Balaban J connectivity index is 2.65. The lowest BCUT2D eigenvalue weighted by atomic mass is 10.2. The maximum atomic E-state index is 11.9. The van der Waals surface area contributed by atoms with Gasteiger partial charge in [-0.05, 0) is 26.7 Å². The molecule has 0 aromatic carbocycles. The molecule has 0 aromatic rings. The number of methoxy groups -OCH3 is 1. The molecule has 0 aromatic heterocycles. The summed E-state index contributed by atoms with van der Waals surface area (Å²) in [4.78, 5) is 25.1. The summed E-state index contributed by atoms with van der Waals surface area (Å²) in [5, 5.41) is 0. The van der Waals surface area contributed by atoms with Gasteiger partial charge in [0.1, 0.15) is 12.1 Å². The van der Waals surface area contributed by atoms with Crippen molar-refractivity contribution < 1.29 is 19.1 Å². The Morgan fingerprint density at radius 1 is 1.50 bits per heavy atom. The van der Waals surface area contributed by atoms with E-state index in [-0.39, 0.29) is 11.9 Å². The first-order valence-corrected chi connectivity index (χ1v) is 5.61. The normalized spacial score (nSPS) is 21.9. The van der Waals surface area contributed by atoms with Crippen molar-refractivity contribution in [3.63, 3.8) is 0 Å². The highest BCUT2D eigenvalue weighted by Gasteiger charge is 2.36. The Bertz CT molecular complexity index is 267. The third-order valence-electron chi connectivity index (χ3n) is 2.80. The predicted octanol–water partition coefficient (Wildman–Crippen LogP) is 0.575. The van der Waals surface area contributed by atoms with Crippen LogP contribution in [0.4, 0.5) is 0 Å². The number of hydrogen-bond acceptors (Lipinski definition) is 4. The SMILES string of the molecule is CCOC(=O)C1CCCN1C(=O)C(C)OC. The van der Waals surface area contributed by atoms with E-state index in [1.807, 2.05) is 0 Å². The lowest BCUT2D eigenvalue weighted by Gasteiger charge is -2.25. The van der Waals surface area contributed by atoms with Crippen LogP contribution < -0.4 is 0 Å². The van der Waals surface area contributed by atoms with Gasteiger partial charge >= 0.3 is 5.97 Å². The molecule has 0 N–H and O–H groups in total. The fraction of sp³-hybridized carbons (Fsp3) is 0.818. The molecule has 1 aliphatic rings. The third-order valence-corrected chi connectivity index (χ3v) is 2.80. The fourth-order valence-corrected chi connectivity index (χ4v) is 1.85. The van der Waals surface area contributed by atoms with E-state index in [1.54, 1.807) is 18.7 Å². The minimum Gasteiger partial charge on any atom is -0.464 e. The van der Waals surface area contributed by atoms with Gasteiger partial charge in [0.25, 0.3) is 5.91 Å². The van der Waals surface area contributed by atoms with E-state index < -0.39 is 12.1 Å². The number of carbonyl (C=O) groups is 2. The van der Waals surface area contributed by atoms with Gasteiger partial charge in [-0.1, -0.05) is 0 Å². The summed E-state index contributed by atoms with van der Waals surface area (Å²) in [6.07, 6.45) is 1.02. The Morgan fingerprint density at radius 2 is 2.19 bits per heavy atom. The molecule has 1 rings (SSSR count). The van der Waals surface area contributed by atoms with Crippen molar-refractivity contribution in [2.45, 2.75) is 38.8 Å². The minimum absolute atomic E-state index is 0.141. The number of rotatable bonds is 4. The van der Waals surface area contributed by atoms with E-state index in [2.05, 4.69) is 0 Å². The number of amides is 1. The average Bonchev–Trinajstić information content (AvgIpc) is 2.76. The molecule has 0 radical (unpaired) electrons. The zero-order valence-corrected chi connectivity index (χ0v) is 10.1. The highest BCUT2D eigenvalue weighted by molar-refractivity contribution is 5.87. The average molecular weight is 229 g/mol. The standard InChI is InChI=1S/C11H19NO4/c1-4-16-11(14)9-6-5-7-12(9)10(13)8(2)15-3/h8-9H,4-7H2,1-3H3. The van der Waals surface area contributed by atoms with Gasteiger partial charge in [0.05, 0.1) is 6.61 Å². The second kappa shape index (κ2) is 5.84. The predicted molar refractivity (Wildman–Crippen MR) is 57.8 cm³/mol. The van der Waals surface area contributed by atoms with Crippen LogP contribution in [-0.2, 0) is 19.1 Å². The van der Waals surface area contributed by atoms with Crippen molar-refractivity contribution in [1.29, 1.82) is 0 Å². The molecule has 2 unspecified atom stereocenters. The van der Waals surface area contributed by atoms with Gasteiger partial charge in [-0.3, -0.25) is 4.79 Å². The molecule has 5 heteroatoms. The van der Waals surface area contributed by atoms with E-state index in [1.165, 1.54) is 7.11 Å². The van der Waals surface area contributed by atoms with Gasteiger partial charge in [-0.25, -0.2) is 4.79 Å². The van der Waals surface area contributed by atoms with Crippen LogP contribution in [0.2, 0.25) is 0 Å². The van der Waals surface area contributed by atoms with Crippen LogP contribution >= 0.6 is 0 Å². The molecule has 0 saturated carbocycles. The first kappa shape index (κ1) is 13.0. The van der Waals surface area contributed by atoms with Gasteiger partial charge in [-0.15, -0.1) is 0 Å². The molecule has 92 valence electrons. The molecule has 0 spiro atoms. The van der Waals surface area contributed by atoms with E-state index in [4.69, 9.17) is 9.47 Å². The van der Waals surface area contributed by atoms with Gasteiger partial charge in [0.2, 0.25) is 0 Å². The van der Waals surface area contributed by atoms with Crippen molar-refractivity contribution in [2.24, 2.45) is 0 Å². The summed E-state index contributed by atoms with van der Waals surface area (Å²) in [5.41, 5.74) is 0. The van der Waals surface area contributed by atoms with Crippen LogP contribution in [0.25, 0.3) is 0 Å². The maximum absolute atomic E-state index is 11.9. The summed E-state index contributed by atoms with van der Waals surface area (Å²) in [6.45, 7) is 4.40. The Kier molecular flexibility index (Phi) is 4.73. The lowest BCUT2D eigenvalue weighted by molar-refractivity contribution is -0.156. The second-order valence-electron chi connectivity index (χ2n) is 3.82. The number of carbonyl (C=O) groups excluding carboxylic acids is 2. The van der Waals surface area contributed by atoms with Gasteiger partial charge < -0.3 is 14.4 Å². The molecule has 0 bridgehead atoms. The molecule has 1 fully saturated rings. The first-order chi connectivity index (χ1) is 7.61. The van der Waals surface area contributed by atoms with Crippen LogP contribution in [0.3, 0.4) is 0 Å². The van der Waals surface area contributed by atoms with Crippen molar-refractivity contribution in [3.8, 4) is 0 Å². The van der Waals surface area contributed by atoms with Gasteiger partial charge in [-0.2, -0.15) is 0 Å². The van der Waals surface area contributed by atoms with E-state index >= 15 is 0 Å². The minimum atomic E-state index is -0.505. The smallest absolute Gasteiger partial charge is 0.328 e. The van der Waals surface area contributed by atoms with Crippen LogP contribution in [0.15, 0.2) is 0 Å². The number of nitrogens with zero attached hydrogens (tertiary/aromatic N) is 1. The van der Waals surface area contributed by atoms with Crippen molar-refractivity contribution >= 4 is 11.9 Å². The summed E-state index contributed by atoms with van der Waals surface area (Å²) in [6, 6.07) is -0.426. The molecule has 1 heterocycles. The number of ether oxygens (including phenoxy) is 2. The Morgan fingerprint density at radius 3 is 2.75 bits per heavy atom. The topological polar surface area (TPSA) is 55.8 Å². The quantitative estimate of drug-likeness (QED) is 0.661. The lowest BCUT2D eigenvalue weighted by Crippen LogP contribution is -2.45. The highest BCUT2D eigenvalue weighted by atomic mass is 16.5. The van der Waals surface area contributed by atoms with Crippen LogP contribution in [0, 0.1) is 0 Å². The molecule has 5 nitrogen and oxygen atoms in total. The van der Waals surface area contributed by atoms with Crippen molar-refractivity contribution in [2.75, 3.05) is 20.3 Å². The monoisotopic (exact) mass is 229 g/mol. The molecule has 1 saturated heterocycles. The third kappa shape index (κ3) is 2.72. The Labute approximate surface area is 95.7 Å². The number of likely N-dealkylation sites (tertiary alicyclic amines) is 1. The molecule has 1 aliphatic heterocycles. The zero-order valence-electron chi connectivity index (χ0n) is 10.1. The second-order valence-corrected chi connectivity index (χ2v) is 3.82. The van der Waals surface area contributed by atoms with Crippen LogP contribution in [0.5, 0.6) is 0 Å². The number of hydrogen-bond donors (Lipinski definition) is 0. The van der Waals surface area contributed by atoms with Gasteiger partial charge in [0.15, 0.2) is 0 Å². The Hall–Kier alpha value is -1.10.